The van der Waals surface area contributed by atoms with Crippen molar-refractivity contribution >= 4 is 28.3 Å². The lowest BCUT2D eigenvalue weighted by atomic mass is 9.91. The van der Waals surface area contributed by atoms with Crippen molar-refractivity contribution in [3.63, 3.8) is 0 Å². The summed E-state index contributed by atoms with van der Waals surface area (Å²) in [5.41, 5.74) is 1.72. The van der Waals surface area contributed by atoms with Gasteiger partial charge in [0.25, 0.3) is 0 Å². The highest BCUT2D eigenvalue weighted by Gasteiger charge is 2.32. The number of hydrogen-bond acceptors (Lipinski definition) is 2. The van der Waals surface area contributed by atoms with Crippen LogP contribution in [0.5, 0.6) is 5.75 Å². The molecule has 1 aliphatic heterocycles. The van der Waals surface area contributed by atoms with Crippen molar-refractivity contribution in [3.05, 3.63) is 76.8 Å². The van der Waals surface area contributed by atoms with Crippen molar-refractivity contribution in [2.45, 2.75) is 18.9 Å². The zero-order valence-corrected chi connectivity index (χ0v) is 14.4. The highest BCUT2D eigenvalue weighted by Crippen LogP contribution is 2.41. The van der Waals surface area contributed by atoms with Crippen LogP contribution in [0.2, 0.25) is 5.02 Å². The lowest BCUT2D eigenvalue weighted by molar-refractivity contribution is -0.129. The van der Waals surface area contributed by atoms with Gasteiger partial charge in [0.1, 0.15) is 5.75 Å². The summed E-state index contributed by atoms with van der Waals surface area (Å²) in [4.78, 5) is 14.4. The third kappa shape index (κ3) is 2.85. The first-order valence-corrected chi connectivity index (χ1v) is 8.78. The Morgan fingerprint density at radius 3 is 2.48 bits per heavy atom. The molecule has 0 aromatic heterocycles. The Morgan fingerprint density at radius 1 is 1.00 bits per heavy atom. The molecule has 1 atom stereocenters. The number of aromatic hydroxyl groups is 1. The number of halogens is 1. The van der Waals surface area contributed by atoms with E-state index in [4.69, 9.17) is 11.6 Å². The number of carbonyl (C=O) groups excluding carboxylic acids is 1. The summed E-state index contributed by atoms with van der Waals surface area (Å²) in [6.07, 6.45) is 1.39. The lowest BCUT2D eigenvalue weighted by Crippen LogP contribution is -2.30. The van der Waals surface area contributed by atoms with Gasteiger partial charge >= 0.3 is 0 Å². The van der Waals surface area contributed by atoms with Gasteiger partial charge in [-0.05, 0) is 41.0 Å². The summed E-state index contributed by atoms with van der Waals surface area (Å²) in [7, 11) is 0. The van der Waals surface area contributed by atoms with Crippen molar-refractivity contribution in [1.82, 2.24) is 4.90 Å². The molecule has 4 heteroatoms. The molecule has 4 rings (SSSR count). The van der Waals surface area contributed by atoms with Crippen LogP contribution in [0.4, 0.5) is 0 Å². The smallest absolute Gasteiger partial charge is 0.223 e. The van der Waals surface area contributed by atoms with Crippen LogP contribution in [-0.2, 0) is 4.79 Å². The van der Waals surface area contributed by atoms with Gasteiger partial charge < -0.3 is 10.0 Å². The van der Waals surface area contributed by atoms with Gasteiger partial charge in [-0.25, -0.2) is 0 Å². The number of carbonyl (C=O) groups is 1. The second kappa shape index (κ2) is 6.41. The fraction of sp³-hybridized carbons (Fsp3) is 0.190. The van der Waals surface area contributed by atoms with E-state index in [0.29, 0.717) is 18.0 Å². The van der Waals surface area contributed by atoms with Gasteiger partial charge in [0, 0.05) is 23.6 Å². The maximum atomic E-state index is 12.5. The summed E-state index contributed by atoms with van der Waals surface area (Å²) in [6.45, 7) is 0.689. The van der Waals surface area contributed by atoms with Crippen LogP contribution in [0.15, 0.2) is 60.7 Å². The predicted molar refractivity (Wildman–Crippen MR) is 99.9 cm³/mol. The standard InChI is InChI=1S/C21H18ClNO2/c22-16-10-7-15(8-11-16)21(23-13-3-6-19(23)25)20-17-5-2-1-4-14(17)9-12-18(20)24/h1-2,4-5,7-12,21,24H,3,6,13H2. The molecule has 1 saturated heterocycles. The number of rotatable bonds is 3. The highest BCUT2D eigenvalue weighted by molar-refractivity contribution is 6.30. The van der Waals surface area contributed by atoms with Gasteiger partial charge in [-0.1, -0.05) is 54.1 Å². The highest BCUT2D eigenvalue weighted by atomic mass is 35.5. The van der Waals surface area contributed by atoms with Crippen LogP contribution in [0.3, 0.4) is 0 Å². The topological polar surface area (TPSA) is 40.5 Å². The Balaban J connectivity index is 1.96. The normalized spacial score (nSPS) is 15.7. The molecule has 0 saturated carbocycles. The molecular formula is C21H18ClNO2. The van der Waals surface area contributed by atoms with E-state index in [0.717, 1.165) is 28.3 Å². The number of hydrogen-bond donors (Lipinski definition) is 1. The van der Waals surface area contributed by atoms with E-state index in [1.165, 1.54) is 0 Å². The average molecular weight is 352 g/mol. The molecule has 1 aliphatic rings. The summed E-state index contributed by atoms with van der Waals surface area (Å²) in [5, 5.41) is 13.3. The van der Waals surface area contributed by atoms with E-state index in [1.54, 1.807) is 6.07 Å². The third-order valence-electron chi connectivity index (χ3n) is 4.83. The van der Waals surface area contributed by atoms with Crippen LogP contribution >= 0.6 is 11.6 Å². The van der Waals surface area contributed by atoms with Crippen molar-refractivity contribution in [3.8, 4) is 5.75 Å². The number of amides is 1. The fourth-order valence-corrected chi connectivity index (χ4v) is 3.79. The Hall–Kier alpha value is -2.52. The van der Waals surface area contributed by atoms with Crippen molar-refractivity contribution in [2.24, 2.45) is 0 Å². The number of likely N-dealkylation sites (tertiary alicyclic amines) is 1. The van der Waals surface area contributed by atoms with Crippen LogP contribution in [-0.4, -0.2) is 22.5 Å². The molecule has 3 aromatic carbocycles. The minimum Gasteiger partial charge on any atom is -0.508 e. The molecular weight excluding hydrogens is 334 g/mol. The number of fused-ring (bicyclic) bond motifs is 1. The molecule has 0 bridgehead atoms. The molecule has 3 aromatic rings. The maximum Gasteiger partial charge on any atom is 0.223 e. The Morgan fingerprint density at radius 2 is 1.76 bits per heavy atom. The van der Waals surface area contributed by atoms with E-state index in [2.05, 4.69) is 0 Å². The molecule has 1 N–H and O–H groups in total. The third-order valence-corrected chi connectivity index (χ3v) is 5.08. The molecule has 0 spiro atoms. The van der Waals surface area contributed by atoms with Crippen LogP contribution < -0.4 is 0 Å². The maximum absolute atomic E-state index is 12.5. The zero-order valence-electron chi connectivity index (χ0n) is 13.7. The van der Waals surface area contributed by atoms with Gasteiger partial charge in [0.15, 0.2) is 0 Å². The zero-order chi connectivity index (χ0) is 17.4. The summed E-state index contributed by atoms with van der Waals surface area (Å²) in [5.74, 6) is 0.325. The van der Waals surface area contributed by atoms with Gasteiger partial charge in [-0.3, -0.25) is 4.79 Å². The summed E-state index contributed by atoms with van der Waals surface area (Å²) < 4.78 is 0. The van der Waals surface area contributed by atoms with Crippen LogP contribution in [0.1, 0.15) is 30.0 Å². The quantitative estimate of drug-likeness (QED) is 0.728. The second-order valence-electron chi connectivity index (χ2n) is 6.36. The minimum atomic E-state index is -0.321. The molecule has 1 heterocycles. The summed E-state index contributed by atoms with van der Waals surface area (Å²) >= 11 is 6.05. The SMILES string of the molecule is O=C1CCCN1C(c1ccc(Cl)cc1)c1c(O)ccc2ccccc12. The number of nitrogens with zero attached hydrogens (tertiary/aromatic N) is 1. The lowest BCUT2D eigenvalue weighted by Gasteiger charge is -2.30. The molecule has 3 nitrogen and oxygen atoms in total. The van der Waals surface area contributed by atoms with E-state index < -0.39 is 0 Å². The molecule has 1 unspecified atom stereocenters. The van der Waals surface area contributed by atoms with E-state index in [1.807, 2.05) is 59.5 Å². The number of phenolic OH excluding ortho intramolecular Hbond substituents is 1. The number of phenols is 1. The summed E-state index contributed by atoms with van der Waals surface area (Å²) in [6, 6.07) is 18.7. The Labute approximate surface area is 151 Å². The van der Waals surface area contributed by atoms with Crippen molar-refractivity contribution in [1.29, 1.82) is 0 Å². The van der Waals surface area contributed by atoms with Gasteiger partial charge in [0.2, 0.25) is 5.91 Å². The molecule has 0 aliphatic carbocycles. The van der Waals surface area contributed by atoms with Gasteiger partial charge in [0.05, 0.1) is 6.04 Å². The molecule has 1 fully saturated rings. The van der Waals surface area contributed by atoms with Gasteiger partial charge in [-0.2, -0.15) is 0 Å². The van der Waals surface area contributed by atoms with Crippen LogP contribution in [0.25, 0.3) is 10.8 Å². The first kappa shape index (κ1) is 16.0. The first-order chi connectivity index (χ1) is 12.1. The molecule has 1 amide bonds. The molecule has 25 heavy (non-hydrogen) atoms. The van der Waals surface area contributed by atoms with E-state index in [9.17, 15) is 9.90 Å². The minimum absolute atomic E-state index is 0.118. The first-order valence-electron chi connectivity index (χ1n) is 8.41. The Kier molecular flexibility index (Phi) is 4.10. The Bertz CT molecular complexity index is 936. The monoisotopic (exact) mass is 351 g/mol. The predicted octanol–water partition coefficient (Wildman–Crippen LogP) is 4.91. The van der Waals surface area contributed by atoms with Gasteiger partial charge in [-0.15, -0.1) is 0 Å². The van der Waals surface area contributed by atoms with E-state index in [-0.39, 0.29) is 17.7 Å². The molecule has 0 radical (unpaired) electrons. The van der Waals surface area contributed by atoms with E-state index >= 15 is 0 Å². The van der Waals surface area contributed by atoms with Crippen LogP contribution in [0, 0.1) is 0 Å². The van der Waals surface area contributed by atoms with Crippen molar-refractivity contribution in [2.75, 3.05) is 6.54 Å². The number of benzene rings is 3. The van der Waals surface area contributed by atoms with Crippen molar-refractivity contribution < 1.29 is 9.90 Å². The largest absolute Gasteiger partial charge is 0.508 e. The second-order valence-corrected chi connectivity index (χ2v) is 6.80. The average Bonchev–Trinajstić information content (AvgIpc) is 3.04. The fourth-order valence-electron chi connectivity index (χ4n) is 3.66. The molecule has 126 valence electrons.